The van der Waals surface area contributed by atoms with Crippen molar-refractivity contribution in [2.45, 2.75) is 31.6 Å². The Morgan fingerprint density at radius 1 is 1.23 bits per heavy atom. The van der Waals surface area contributed by atoms with Gasteiger partial charge in [-0.15, -0.1) is 0 Å². The first-order valence-electron chi connectivity index (χ1n) is 9.94. The number of rotatable bonds is 6. The summed E-state index contributed by atoms with van der Waals surface area (Å²) in [6.07, 6.45) is 0.623. The van der Waals surface area contributed by atoms with E-state index in [0.29, 0.717) is 17.1 Å². The molecule has 0 N–H and O–H groups in total. The normalized spacial score (nSPS) is 22.5. The van der Waals surface area contributed by atoms with Crippen molar-refractivity contribution in [3.63, 3.8) is 0 Å². The molecule has 0 aliphatic carbocycles. The van der Waals surface area contributed by atoms with Gasteiger partial charge in [0.15, 0.2) is 0 Å². The molecule has 1 aromatic carbocycles. The Balaban J connectivity index is 1.98. The van der Waals surface area contributed by atoms with Gasteiger partial charge >= 0.3 is 5.97 Å². The molecule has 1 amide bonds. The molecular formula is C19H26N2O8S2. The number of sulfonamides is 2. The molecule has 3 rings (SSSR count). The quantitative estimate of drug-likeness (QED) is 0.558. The van der Waals surface area contributed by atoms with Crippen LogP contribution in [-0.2, 0) is 34.4 Å². The Bertz CT molecular complexity index is 1080. The van der Waals surface area contributed by atoms with Crippen molar-refractivity contribution >= 4 is 37.6 Å². The van der Waals surface area contributed by atoms with E-state index in [1.807, 2.05) is 0 Å². The lowest BCUT2D eigenvalue weighted by atomic mass is 9.99. The number of methoxy groups -OCH3 is 1. The molecular weight excluding hydrogens is 448 g/mol. The summed E-state index contributed by atoms with van der Waals surface area (Å²) in [6, 6.07) is 3.89. The van der Waals surface area contributed by atoms with E-state index >= 15 is 0 Å². The maximum absolute atomic E-state index is 13.4. The molecule has 172 valence electrons. The van der Waals surface area contributed by atoms with E-state index in [-0.39, 0.29) is 53.7 Å². The largest absolute Gasteiger partial charge is 0.492 e. The third kappa shape index (κ3) is 4.41. The van der Waals surface area contributed by atoms with Crippen molar-refractivity contribution in [2.24, 2.45) is 11.8 Å². The zero-order valence-corrected chi connectivity index (χ0v) is 19.2. The molecule has 0 bridgehead atoms. The number of nitrogens with zero attached hydrogens (tertiary/aromatic N) is 2. The molecule has 2 aliphatic heterocycles. The van der Waals surface area contributed by atoms with Gasteiger partial charge in [-0.1, -0.05) is 6.92 Å². The van der Waals surface area contributed by atoms with E-state index in [1.54, 1.807) is 6.92 Å². The van der Waals surface area contributed by atoms with Crippen LogP contribution in [0.5, 0.6) is 5.75 Å². The number of carbonyl (C=O) groups excluding carboxylic acids is 2. The van der Waals surface area contributed by atoms with E-state index in [0.717, 1.165) is 0 Å². The molecule has 10 nitrogen and oxygen atoms in total. The average molecular weight is 475 g/mol. The molecule has 2 aliphatic rings. The van der Waals surface area contributed by atoms with E-state index < -0.39 is 31.9 Å². The van der Waals surface area contributed by atoms with Crippen LogP contribution in [0.3, 0.4) is 0 Å². The van der Waals surface area contributed by atoms with Crippen molar-refractivity contribution in [1.82, 2.24) is 4.31 Å². The number of hydrogen-bond donors (Lipinski definition) is 0. The molecule has 1 unspecified atom stereocenters. The minimum atomic E-state index is -4.07. The van der Waals surface area contributed by atoms with Crippen molar-refractivity contribution < 1.29 is 35.9 Å². The highest BCUT2D eigenvalue weighted by atomic mass is 32.2. The topological polar surface area (TPSA) is 127 Å². The number of benzene rings is 1. The van der Waals surface area contributed by atoms with E-state index in [1.165, 1.54) is 36.5 Å². The predicted molar refractivity (Wildman–Crippen MR) is 112 cm³/mol. The standard InChI is InChI=1S/C19H26N2O8S2/c1-4-29-16-6-5-15(21-18(22)13(2)12-30(21,24)25)11-17(16)31(26,27)20-9-7-14(8-10-20)19(23)28-3/h5-6,11,13-14H,4,7-10,12H2,1-3H3. The first-order chi connectivity index (χ1) is 14.5. The predicted octanol–water partition coefficient (Wildman–Crippen LogP) is 0.972. The van der Waals surface area contributed by atoms with Crippen molar-refractivity contribution in [3.05, 3.63) is 18.2 Å². The summed E-state index contributed by atoms with van der Waals surface area (Å²) < 4.78 is 63.8. The zero-order chi connectivity index (χ0) is 23.0. The Kier molecular flexibility index (Phi) is 6.63. The number of piperidine rings is 1. The summed E-state index contributed by atoms with van der Waals surface area (Å²) in [5.74, 6) is -2.33. The molecule has 2 saturated heterocycles. The van der Waals surface area contributed by atoms with Crippen LogP contribution >= 0.6 is 0 Å². The highest BCUT2D eigenvalue weighted by Gasteiger charge is 2.43. The maximum atomic E-state index is 13.4. The van der Waals surface area contributed by atoms with Crippen LogP contribution in [0, 0.1) is 11.8 Å². The second-order valence-corrected chi connectivity index (χ2v) is 11.3. The van der Waals surface area contributed by atoms with Crippen molar-refractivity contribution in [3.8, 4) is 5.75 Å². The second kappa shape index (κ2) is 8.75. The lowest BCUT2D eigenvalue weighted by Gasteiger charge is -2.30. The summed E-state index contributed by atoms with van der Waals surface area (Å²) in [5.41, 5.74) is -0.0409. The number of anilines is 1. The number of carbonyl (C=O) groups is 2. The minimum Gasteiger partial charge on any atom is -0.492 e. The van der Waals surface area contributed by atoms with E-state index in [9.17, 15) is 26.4 Å². The monoisotopic (exact) mass is 474 g/mol. The lowest BCUT2D eigenvalue weighted by molar-refractivity contribution is -0.146. The first-order valence-corrected chi connectivity index (χ1v) is 13.0. The molecule has 0 radical (unpaired) electrons. The van der Waals surface area contributed by atoms with Crippen molar-refractivity contribution in [2.75, 3.05) is 36.9 Å². The Morgan fingerprint density at radius 2 is 1.87 bits per heavy atom. The highest BCUT2D eigenvalue weighted by molar-refractivity contribution is 7.94. The number of amides is 1. The van der Waals surface area contributed by atoms with Gasteiger partial charge in [-0.05, 0) is 38.0 Å². The van der Waals surface area contributed by atoms with Gasteiger partial charge in [0.25, 0.3) is 0 Å². The Hall–Kier alpha value is -2.18. The van der Waals surface area contributed by atoms with Gasteiger partial charge in [-0.25, -0.2) is 21.1 Å². The number of hydrogen-bond acceptors (Lipinski definition) is 8. The molecule has 2 heterocycles. The van der Waals surface area contributed by atoms with Gasteiger partial charge in [0.1, 0.15) is 10.6 Å². The van der Waals surface area contributed by atoms with Gasteiger partial charge in [-0.3, -0.25) is 9.59 Å². The van der Waals surface area contributed by atoms with Crippen molar-refractivity contribution in [1.29, 1.82) is 0 Å². The van der Waals surface area contributed by atoms with E-state index in [2.05, 4.69) is 0 Å². The zero-order valence-electron chi connectivity index (χ0n) is 17.6. The smallest absolute Gasteiger partial charge is 0.308 e. The molecule has 31 heavy (non-hydrogen) atoms. The minimum absolute atomic E-state index is 0.0409. The Labute approximate surface area is 182 Å². The fourth-order valence-corrected chi connectivity index (χ4v) is 7.26. The van der Waals surface area contributed by atoms with Gasteiger partial charge in [-0.2, -0.15) is 4.31 Å². The Morgan fingerprint density at radius 3 is 2.39 bits per heavy atom. The summed E-state index contributed by atoms with van der Waals surface area (Å²) in [7, 11) is -6.66. The third-order valence-corrected chi connectivity index (χ3v) is 9.22. The molecule has 0 spiro atoms. The highest BCUT2D eigenvalue weighted by Crippen LogP contribution is 2.36. The van der Waals surface area contributed by atoms with Crippen LogP contribution in [0.4, 0.5) is 5.69 Å². The summed E-state index contributed by atoms with van der Waals surface area (Å²) in [4.78, 5) is 24.0. The fraction of sp³-hybridized carbons (Fsp3) is 0.579. The van der Waals surface area contributed by atoms with Gasteiger partial charge in [0.05, 0.1) is 37.0 Å². The van der Waals surface area contributed by atoms with Crippen LogP contribution in [0.1, 0.15) is 26.7 Å². The molecule has 0 saturated carbocycles. The fourth-order valence-electron chi connectivity index (χ4n) is 3.82. The first kappa shape index (κ1) is 23.5. The molecule has 2 fully saturated rings. The summed E-state index contributed by atoms with van der Waals surface area (Å²) >= 11 is 0. The maximum Gasteiger partial charge on any atom is 0.308 e. The van der Waals surface area contributed by atoms with Crippen LogP contribution in [0.15, 0.2) is 23.1 Å². The number of esters is 1. The van der Waals surface area contributed by atoms with Crippen LogP contribution in [0.25, 0.3) is 0 Å². The van der Waals surface area contributed by atoms with Gasteiger partial charge < -0.3 is 9.47 Å². The van der Waals surface area contributed by atoms with Gasteiger partial charge in [0.2, 0.25) is 26.0 Å². The SMILES string of the molecule is CCOc1ccc(N2C(=O)C(C)CS2(=O)=O)cc1S(=O)(=O)N1CCC(C(=O)OC)CC1. The van der Waals surface area contributed by atoms with Gasteiger partial charge in [0, 0.05) is 13.1 Å². The molecule has 0 aromatic heterocycles. The summed E-state index contributed by atoms with van der Waals surface area (Å²) in [5, 5.41) is 0. The van der Waals surface area contributed by atoms with Crippen LogP contribution < -0.4 is 9.04 Å². The van der Waals surface area contributed by atoms with Crippen LogP contribution in [0.2, 0.25) is 0 Å². The summed E-state index contributed by atoms with van der Waals surface area (Å²) in [6.45, 7) is 3.62. The van der Waals surface area contributed by atoms with Crippen LogP contribution in [-0.4, -0.2) is 65.6 Å². The molecule has 1 aromatic rings. The third-order valence-electron chi connectivity index (χ3n) is 5.43. The second-order valence-electron chi connectivity index (χ2n) is 7.55. The van der Waals surface area contributed by atoms with E-state index in [4.69, 9.17) is 9.47 Å². The molecule has 1 atom stereocenters. The lowest BCUT2D eigenvalue weighted by Crippen LogP contribution is -2.40. The average Bonchev–Trinajstić information content (AvgIpc) is 2.94. The number of ether oxygens (including phenoxy) is 2. The molecule has 12 heteroatoms.